The van der Waals surface area contributed by atoms with E-state index in [0.29, 0.717) is 5.41 Å². The van der Waals surface area contributed by atoms with Crippen LogP contribution in [0.1, 0.15) is 85.0 Å². The topological polar surface area (TPSA) is 12.0 Å². The average molecular weight is 251 g/mol. The van der Waals surface area contributed by atoms with Gasteiger partial charge in [0.25, 0.3) is 0 Å². The number of nitrogens with one attached hydrogen (secondary N) is 1. The molecule has 0 amide bonds. The Hall–Kier alpha value is -0.0400. The third-order valence-corrected chi connectivity index (χ3v) is 5.35. The van der Waals surface area contributed by atoms with Gasteiger partial charge >= 0.3 is 0 Å². The fourth-order valence-corrected chi connectivity index (χ4v) is 3.93. The summed E-state index contributed by atoms with van der Waals surface area (Å²) >= 11 is 0. The van der Waals surface area contributed by atoms with Crippen LogP contribution in [-0.2, 0) is 0 Å². The molecule has 18 heavy (non-hydrogen) atoms. The molecule has 0 heterocycles. The molecule has 0 aromatic carbocycles. The summed E-state index contributed by atoms with van der Waals surface area (Å²) in [7, 11) is 0. The van der Waals surface area contributed by atoms with E-state index in [1.165, 1.54) is 64.2 Å². The van der Waals surface area contributed by atoms with E-state index < -0.39 is 0 Å². The largest absolute Gasteiger partial charge is 0.311 e. The summed E-state index contributed by atoms with van der Waals surface area (Å²) in [5, 5.41) is 3.96. The molecule has 0 saturated heterocycles. The molecule has 0 unspecified atom stereocenters. The molecule has 2 saturated carbocycles. The molecule has 1 nitrogen and oxygen atoms in total. The van der Waals surface area contributed by atoms with E-state index in [-0.39, 0.29) is 0 Å². The Morgan fingerprint density at radius 2 is 1.44 bits per heavy atom. The maximum absolute atomic E-state index is 3.96. The highest BCUT2D eigenvalue weighted by atomic mass is 15.0. The molecule has 2 aliphatic rings. The fourth-order valence-electron chi connectivity index (χ4n) is 3.93. The Bertz CT molecular complexity index is 228. The summed E-state index contributed by atoms with van der Waals surface area (Å²) in [4.78, 5) is 0. The van der Waals surface area contributed by atoms with Crippen LogP contribution in [0, 0.1) is 11.3 Å². The van der Waals surface area contributed by atoms with Gasteiger partial charge in [-0.15, -0.1) is 0 Å². The summed E-state index contributed by atoms with van der Waals surface area (Å²) < 4.78 is 0. The van der Waals surface area contributed by atoms with Gasteiger partial charge in [0, 0.05) is 12.1 Å². The summed E-state index contributed by atoms with van der Waals surface area (Å²) in [6.07, 6.45) is 14.3. The van der Waals surface area contributed by atoms with Crippen LogP contribution in [0.5, 0.6) is 0 Å². The maximum Gasteiger partial charge on any atom is 0.00700 e. The van der Waals surface area contributed by atoms with Gasteiger partial charge in [-0.25, -0.2) is 0 Å². The van der Waals surface area contributed by atoms with Crippen LogP contribution in [-0.4, -0.2) is 12.1 Å². The first-order valence-corrected chi connectivity index (χ1v) is 8.35. The Kier molecular flexibility index (Phi) is 5.12. The van der Waals surface area contributed by atoms with Gasteiger partial charge in [-0.2, -0.15) is 0 Å². The monoisotopic (exact) mass is 251 g/mol. The highest BCUT2D eigenvalue weighted by Crippen LogP contribution is 2.36. The van der Waals surface area contributed by atoms with Crippen molar-refractivity contribution in [3.05, 3.63) is 0 Å². The van der Waals surface area contributed by atoms with Gasteiger partial charge < -0.3 is 5.32 Å². The van der Waals surface area contributed by atoms with E-state index >= 15 is 0 Å². The molecule has 2 rings (SSSR count). The zero-order valence-corrected chi connectivity index (χ0v) is 12.8. The first-order valence-electron chi connectivity index (χ1n) is 8.35. The minimum atomic E-state index is 0.608. The van der Waals surface area contributed by atoms with Crippen molar-refractivity contribution in [2.75, 3.05) is 0 Å². The standard InChI is InChI=1S/C17H33N/c1-4-5-14-6-8-15(9-7-14)18-16-10-12-17(2,3)13-11-16/h14-16,18H,4-13H2,1-3H3. The first kappa shape index (κ1) is 14.4. The number of hydrogen-bond donors (Lipinski definition) is 1. The highest BCUT2D eigenvalue weighted by molar-refractivity contribution is 4.86. The van der Waals surface area contributed by atoms with E-state index in [1.54, 1.807) is 0 Å². The Balaban J connectivity index is 1.66. The van der Waals surface area contributed by atoms with E-state index in [2.05, 4.69) is 26.1 Å². The van der Waals surface area contributed by atoms with E-state index in [0.717, 1.165) is 18.0 Å². The van der Waals surface area contributed by atoms with Crippen molar-refractivity contribution in [2.24, 2.45) is 11.3 Å². The van der Waals surface area contributed by atoms with Gasteiger partial charge in [0.05, 0.1) is 0 Å². The van der Waals surface area contributed by atoms with Gasteiger partial charge in [-0.05, 0) is 62.7 Å². The molecule has 0 bridgehead atoms. The van der Waals surface area contributed by atoms with Gasteiger partial charge in [0.2, 0.25) is 0 Å². The molecule has 0 aliphatic heterocycles. The van der Waals surface area contributed by atoms with Crippen molar-refractivity contribution in [3.63, 3.8) is 0 Å². The normalized spacial score (nSPS) is 33.5. The summed E-state index contributed by atoms with van der Waals surface area (Å²) in [6, 6.07) is 1.66. The van der Waals surface area contributed by atoms with Gasteiger partial charge in [-0.1, -0.05) is 33.6 Å². The smallest absolute Gasteiger partial charge is 0.00700 e. The van der Waals surface area contributed by atoms with Crippen LogP contribution in [0.4, 0.5) is 0 Å². The minimum absolute atomic E-state index is 0.608. The predicted octanol–water partition coefficient (Wildman–Crippen LogP) is 4.90. The lowest BCUT2D eigenvalue weighted by Crippen LogP contribution is -2.43. The SMILES string of the molecule is CCCC1CCC(NC2CCC(C)(C)CC2)CC1. The lowest BCUT2D eigenvalue weighted by Gasteiger charge is -2.38. The van der Waals surface area contributed by atoms with Crippen molar-refractivity contribution in [1.29, 1.82) is 0 Å². The molecular formula is C17H33N. The van der Waals surface area contributed by atoms with E-state index in [9.17, 15) is 0 Å². The second kappa shape index (κ2) is 6.41. The van der Waals surface area contributed by atoms with E-state index in [1.807, 2.05) is 0 Å². The Morgan fingerprint density at radius 1 is 0.889 bits per heavy atom. The van der Waals surface area contributed by atoms with E-state index in [4.69, 9.17) is 0 Å². The van der Waals surface area contributed by atoms with Crippen molar-refractivity contribution < 1.29 is 0 Å². The summed E-state index contributed by atoms with van der Waals surface area (Å²) in [6.45, 7) is 7.19. The lowest BCUT2D eigenvalue weighted by atomic mass is 9.75. The van der Waals surface area contributed by atoms with Crippen molar-refractivity contribution >= 4 is 0 Å². The quantitative estimate of drug-likeness (QED) is 0.749. The van der Waals surface area contributed by atoms with Crippen LogP contribution in [0.2, 0.25) is 0 Å². The molecule has 0 atom stereocenters. The van der Waals surface area contributed by atoms with Crippen LogP contribution in [0.25, 0.3) is 0 Å². The van der Waals surface area contributed by atoms with Crippen LogP contribution >= 0.6 is 0 Å². The minimum Gasteiger partial charge on any atom is -0.311 e. The lowest BCUT2D eigenvalue weighted by molar-refractivity contribution is 0.181. The molecule has 2 fully saturated rings. The average Bonchev–Trinajstić information content (AvgIpc) is 2.35. The molecule has 106 valence electrons. The zero-order valence-electron chi connectivity index (χ0n) is 12.8. The second-order valence-electron chi connectivity index (χ2n) is 7.61. The summed E-state index contributed by atoms with van der Waals surface area (Å²) in [5.74, 6) is 1.04. The Morgan fingerprint density at radius 3 is 2.00 bits per heavy atom. The molecule has 0 radical (unpaired) electrons. The predicted molar refractivity (Wildman–Crippen MR) is 79.8 cm³/mol. The van der Waals surface area contributed by atoms with Crippen LogP contribution in [0.15, 0.2) is 0 Å². The number of hydrogen-bond acceptors (Lipinski definition) is 1. The number of rotatable bonds is 4. The van der Waals surface area contributed by atoms with Crippen LogP contribution in [0.3, 0.4) is 0 Å². The molecule has 1 N–H and O–H groups in total. The van der Waals surface area contributed by atoms with Crippen molar-refractivity contribution in [1.82, 2.24) is 5.32 Å². The third-order valence-electron chi connectivity index (χ3n) is 5.35. The second-order valence-corrected chi connectivity index (χ2v) is 7.61. The first-order chi connectivity index (χ1) is 8.59. The van der Waals surface area contributed by atoms with Crippen molar-refractivity contribution in [2.45, 2.75) is 97.1 Å². The molecule has 2 aliphatic carbocycles. The van der Waals surface area contributed by atoms with Crippen molar-refractivity contribution in [3.8, 4) is 0 Å². The Labute approximate surface area is 114 Å². The molecule has 0 aromatic heterocycles. The van der Waals surface area contributed by atoms with Gasteiger partial charge in [0.1, 0.15) is 0 Å². The molecular weight excluding hydrogens is 218 g/mol. The summed E-state index contributed by atoms with van der Waals surface area (Å²) in [5.41, 5.74) is 0.608. The third kappa shape index (κ3) is 4.26. The molecule has 0 aromatic rings. The highest BCUT2D eigenvalue weighted by Gasteiger charge is 2.29. The van der Waals surface area contributed by atoms with Crippen LogP contribution < -0.4 is 5.32 Å². The maximum atomic E-state index is 3.96. The molecule has 1 heteroatoms. The zero-order chi connectivity index (χ0) is 13.0. The molecule has 0 spiro atoms. The van der Waals surface area contributed by atoms with Gasteiger partial charge in [0.15, 0.2) is 0 Å². The van der Waals surface area contributed by atoms with Gasteiger partial charge in [-0.3, -0.25) is 0 Å². The fraction of sp³-hybridized carbons (Fsp3) is 1.00.